The predicted molar refractivity (Wildman–Crippen MR) is 82.2 cm³/mol. The Kier molecular flexibility index (Phi) is 3.32. The number of hydrogen-bond acceptors (Lipinski definition) is 2. The van der Waals surface area contributed by atoms with Crippen LogP contribution in [-0.4, -0.2) is 19.3 Å². The Bertz CT molecular complexity index is 817. The van der Waals surface area contributed by atoms with Crippen molar-refractivity contribution in [2.75, 3.05) is 6.54 Å². The Morgan fingerprint density at radius 3 is 2.48 bits per heavy atom. The second kappa shape index (κ2) is 5.03. The van der Waals surface area contributed by atoms with Crippen LogP contribution < -0.4 is 0 Å². The van der Waals surface area contributed by atoms with Crippen molar-refractivity contribution in [2.24, 2.45) is 0 Å². The van der Waals surface area contributed by atoms with E-state index < -0.39 is 10.0 Å². The molecule has 0 radical (unpaired) electrons. The number of sulfonamides is 1. The van der Waals surface area contributed by atoms with Gasteiger partial charge in [-0.15, -0.1) is 6.42 Å². The van der Waals surface area contributed by atoms with E-state index in [-0.39, 0.29) is 6.04 Å². The molecule has 2 aromatic rings. The second-order valence-corrected chi connectivity index (χ2v) is 7.03. The van der Waals surface area contributed by atoms with Gasteiger partial charge >= 0.3 is 0 Å². The van der Waals surface area contributed by atoms with Gasteiger partial charge in [-0.25, -0.2) is 8.42 Å². The molecule has 1 fully saturated rings. The topological polar surface area (TPSA) is 37.1 Å². The third-order valence-electron chi connectivity index (χ3n) is 3.67. The van der Waals surface area contributed by atoms with Crippen molar-refractivity contribution < 1.29 is 8.42 Å². The van der Waals surface area contributed by atoms with Crippen molar-refractivity contribution in [3.63, 3.8) is 0 Å². The summed E-state index contributed by atoms with van der Waals surface area (Å²) in [6.07, 6.45) is 5.48. The van der Waals surface area contributed by atoms with Gasteiger partial charge in [0.25, 0.3) is 0 Å². The third-order valence-corrected chi connectivity index (χ3v) is 5.56. The molecule has 0 aromatic heterocycles. The molecule has 3 rings (SSSR count). The van der Waals surface area contributed by atoms with E-state index in [2.05, 4.69) is 5.92 Å². The summed E-state index contributed by atoms with van der Waals surface area (Å²) < 4.78 is 26.6. The van der Waals surface area contributed by atoms with Gasteiger partial charge < -0.3 is 0 Å². The number of aryl methyl sites for hydroxylation is 1. The summed E-state index contributed by atoms with van der Waals surface area (Å²) in [6.45, 7) is 2.41. The van der Waals surface area contributed by atoms with Gasteiger partial charge in [0.1, 0.15) is 0 Å². The molecule has 3 nitrogen and oxygen atoms in total. The Hall–Kier alpha value is -2.09. The molecular formula is C17H15NO2S. The third kappa shape index (κ3) is 2.46. The molecule has 0 amide bonds. The first kappa shape index (κ1) is 13.9. The highest BCUT2D eigenvalue weighted by Crippen LogP contribution is 2.41. The van der Waals surface area contributed by atoms with Crippen molar-refractivity contribution in [2.45, 2.75) is 17.9 Å². The van der Waals surface area contributed by atoms with Gasteiger partial charge in [-0.2, -0.15) is 4.31 Å². The van der Waals surface area contributed by atoms with Crippen molar-refractivity contribution >= 4 is 10.0 Å². The van der Waals surface area contributed by atoms with Crippen LogP contribution in [0, 0.1) is 19.3 Å². The molecule has 0 saturated carbocycles. The zero-order chi connectivity index (χ0) is 15.0. The summed E-state index contributed by atoms with van der Waals surface area (Å²) in [6, 6.07) is 14.2. The molecule has 1 saturated heterocycles. The normalized spacial score (nSPS) is 20.8. The van der Waals surface area contributed by atoms with E-state index in [1.807, 2.05) is 31.2 Å². The van der Waals surface area contributed by atoms with E-state index in [1.54, 1.807) is 24.3 Å². The van der Waals surface area contributed by atoms with Gasteiger partial charge in [0.05, 0.1) is 10.9 Å². The van der Waals surface area contributed by atoms with E-state index in [0.717, 1.165) is 16.7 Å². The molecule has 0 aliphatic carbocycles. The van der Waals surface area contributed by atoms with Crippen molar-refractivity contribution in [3.8, 4) is 12.3 Å². The smallest absolute Gasteiger partial charge is 0.207 e. The maximum atomic E-state index is 12.6. The minimum absolute atomic E-state index is 0.149. The first-order valence-corrected chi connectivity index (χ1v) is 8.12. The molecular weight excluding hydrogens is 282 g/mol. The number of benzene rings is 2. The van der Waals surface area contributed by atoms with E-state index in [4.69, 9.17) is 6.42 Å². The lowest BCUT2D eigenvalue weighted by molar-refractivity contribution is 0.554. The van der Waals surface area contributed by atoms with Crippen LogP contribution in [0.2, 0.25) is 0 Å². The molecule has 1 aliphatic heterocycles. The molecule has 4 heteroatoms. The van der Waals surface area contributed by atoms with Crippen LogP contribution in [0.3, 0.4) is 0 Å². The van der Waals surface area contributed by atoms with Gasteiger partial charge in [0, 0.05) is 12.1 Å². The molecule has 21 heavy (non-hydrogen) atoms. The maximum Gasteiger partial charge on any atom is 0.243 e. The summed E-state index contributed by atoms with van der Waals surface area (Å²) in [5.41, 5.74) is 2.69. The quantitative estimate of drug-likeness (QED) is 0.645. The lowest BCUT2D eigenvalue weighted by atomic mass is 10.1. The maximum absolute atomic E-state index is 12.6. The SMILES string of the molecule is C#Cc1ccccc1C1CN1S(=O)(=O)c1ccc(C)cc1. The minimum atomic E-state index is -3.44. The van der Waals surface area contributed by atoms with Crippen LogP contribution in [0.5, 0.6) is 0 Å². The van der Waals surface area contributed by atoms with Gasteiger partial charge in [-0.05, 0) is 30.7 Å². The fraction of sp³-hybridized carbons (Fsp3) is 0.176. The van der Waals surface area contributed by atoms with Crippen LogP contribution in [-0.2, 0) is 10.0 Å². The summed E-state index contributed by atoms with van der Waals surface area (Å²) in [5.74, 6) is 2.61. The zero-order valence-electron chi connectivity index (χ0n) is 11.7. The highest BCUT2D eigenvalue weighted by molar-refractivity contribution is 7.89. The molecule has 0 bridgehead atoms. The molecule has 2 unspecified atom stereocenters. The molecule has 2 aromatic carbocycles. The fourth-order valence-corrected chi connectivity index (χ4v) is 3.94. The number of rotatable bonds is 3. The van der Waals surface area contributed by atoms with Gasteiger partial charge in [0.15, 0.2) is 0 Å². The van der Waals surface area contributed by atoms with E-state index >= 15 is 0 Å². The Morgan fingerprint density at radius 2 is 1.81 bits per heavy atom. The minimum Gasteiger partial charge on any atom is -0.207 e. The van der Waals surface area contributed by atoms with Crippen LogP contribution in [0.4, 0.5) is 0 Å². The molecule has 0 spiro atoms. The largest absolute Gasteiger partial charge is 0.243 e. The van der Waals surface area contributed by atoms with Gasteiger partial charge in [-0.1, -0.05) is 41.8 Å². The van der Waals surface area contributed by atoms with Crippen LogP contribution in [0.25, 0.3) is 0 Å². The average molecular weight is 297 g/mol. The monoisotopic (exact) mass is 297 g/mol. The lowest BCUT2D eigenvalue weighted by Crippen LogP contribution is -2.13. The number of terminal acetylenes is 1. The molecule has 106 valence electrons. The van der Waals surface area contributed by atoms with Gasteiger partial charge in [0.2, 0.25) is 10.0 Å². The van der Waals surface area contributed by atoms with Crippen molar-refractivity contribution in [1.29, 1.82) is 0 Å². The summed E-state index contributed by atoms with van der Waals surface area (Å²) in [4.78, 5) is 0.328. The van der Waals surface area contributed by atoms with E-state index in [1.165, 1.54) is 4.31 Å². The fourth-order valence-electron chi connectivity index (χ4n) is 2.41. The Labute approximate surface area is 125 Å². The number of hydrogen-bond donors (Lipinski definition) is 0. The van der Waals surface area contributed by atoms with Gasteiger partial charge in [-0.3, -0.25) is 0 Å². The Morgan fingerprint density at radius 1 is 1.14 bits per heavy atom. The molecule has 2 atom stereocenters. The summed E-state index contributed by atoms with van der Waals surface area (Å²) >= 11 is 0. The van der Waals surface area contributed by atoms with Crippen LogP contribution >= 0.6 is 0 Å². The zero-order valence-corrected chi connectivity index (χ0v) is 12.5. The standard InChI is InChI=1S/C17H15NO2S/c1-3-14-6-4-5-7-16(14)17-12-18(17)21(19,20)15-10-8-13(2)9-11-15/h1,4-11,17H,12H2,2H3. The van der Waals surface area contributed by atoms with Crippen LogP contribution in [0.15, 0.2) is 53.4 Å². The second-order valence-electron chi connectivity index (χ2n) is 5.14. The van der Waals surface area contributed by atoms with E-state index in [0.29, 0.717) is 11.4 Å². The summed E-state index contributed by atoms with van der Waals surface area (Å²) in [5, 5.41) is 0. The first-order chi connectivity index (χ1) is 10.0. The number of nitrogens with zero attached hydrogens (tertiary/aromatic N) is 1. The molecule has 0 N–H and O–H groups in total. The van der Waals surface area contributed by atoms with Crippen molar-refractivity contribution in [1.82, 2.24) is 4.31 Å². The predicted octanol–water partition coefficient (Wildman–Crippen LogP) is 2.72. The average Bonchev–Trinajstić information content (AvgIpc) is 3.28. The Balaban J connectivity index is 1.91. The molecule has 1 heterocycles. The highest BCUT2D eigenvalue weighted by atomic mass is 32.2. The highest BCUT2D eigenvalue weighted by Gasteiger charge is 2.46. The summed E-state index contributed by atoms with van der Waals surface area (Å²) in [7, 11) is -3.44. The molecule has 1 aliphatic rings. The van der Waals surface area contributed by atoms with E-state index in [9.17, 15) is 8.42 Å². The van der Waals surface area contributed by atoms with Crippen LogP contribution in [0.1, 0.15) is 22.7 Å². The van der Waals surface area contributed by atoms with Crippen molar-refractivity contribution in [3.05, 3.63) is 65.2 Å². The first-order valence-electron chi connectivity index (χ1n) is 6.68. The lowest BCUT2D eigenvalue weighted by Gasteiger charge is -2.08.